The molecule has 0 spiro atoms. The Bertz CT molecular complexity index is 2010. The molecule has 48 heavy (non-hydrogen) atoms. The van der Waals surface area contributed by atoms with Gasteiger partial charge < -0.3 is 24.4 Å². The van der Waals surface area contributed by atoms with Gasteiger partial charge in [0.05, 0.1) is 29.9 Å². The van der Waals surface area contributed by atoms with Crippen molar-refractivity contribution in [2.45, 2.75) is 32.6 Å². The van der Waals surface area contributed by atoms with Crippen LogP contribution in [-0.4, -0.2) is 63.3 Å². The largest absolute Gasteiger partial charge is 0.493 e. The number of benzene rings is 2. The number of likely N-dealkylation sites (tertiary alicyclic amines) is 1. The van der Waals surface area contributed by atoms with Gasteiger partial charge in [0.2, 0.25) is 0 Å². The lowest BCUT2D eigenvalue weighted by molar-refractivity contribution is 0.101. The summed E-state index contributed by atoms with van der Waals surface area (Å²) in [5.74, 6) is 0.428. The maximum absolute atomic E-state index is 15.4. The van der Waals surface area contributed by atoms with E-state index in [-0.39, 0.29) is 17.1 Å². The number of aromatic nitrogens is 4. The van der Waals surface area contributed by atoms with E-state index in [9.17, 15) is 9.59 Å². The highest BCUT2D eigenvalue weighted by atomic mass is 35.5. The zero-order chi connectivity index (χ0) is 33.8. The molecular weight excluding hydrogens is 639 g/mol. The van der Waals surface area contributed by atoms with Crippen LogP contribution < -0.4 is 25.2 Å². The molecule has 13 heteroatoms. The van der Waals surface area contributed by atoms with Gasteiger partial charge in [-0.2, -0.15) is 0 Å². The van der Waals surface area contributed by atoms with Crippen LogP contribution in [0.15, 0.2) is 65.7 Å². The van der Waals surface area contributed by atoms with Gasteiger partial charge in [0, 0.05) is 49.2 Å². The number of hydrogen-bond donors (Lipinski definition) is 1. The monoisotopic (exact) mass is 674 g/mol. The third-order valence-electron chi connectivity index (χ3n) is 8.37. The maximum atomic E-state index is 15.4. The number of ether oxygens (including phenoxy) is 3. The summed E-state index contributed by atoms with van der Waals surface area (Å²) in [6.45, 7) is 5.46. The minimum Gasteiger partial charge on any atom is -0.493 e. The molecule has 0 aliphatic carbocycles. The van der Waals surface area contributed by atoms with Crippen molar-refractivity contribution in [3.8, 4) is 28.8 Å². The summed E-state index contributed by atoms with van der Waals surface area (Å²) in [6, 6.07) is 12.5. The normalized spacial score (nSPS) is 13.4. The summed E-state index contributed by atoms with van der Waals surface area (Å²) in [5, 5.41) is 3.70. The number of imidazole rings is 1. The molecule has 0 atom stereocenters. The van der Waals surface area contributed by atoms with Gasteiger partial charge in [0.15, 0.2) is 23.1 Å². The topological polar surface area (TPSA) is 113 Å². The number of amides is 1. The molecular formula is C35H36ClFN6O5. The fraction of sp³-hybridized carbons (Fsp3) is 0.314. The van der Waals surface area contributed by atoms with Crippen LogP contribution in [0.5, 0.6) is 23.0 Å². The minimum atomic E-state index is -0.702. The maximum Gasteiger partial charge on any atom is 0.334 e. The van der Waals surface area contributed by atoms with Crippen molar-refractivity contribution >= 4 is 34.1 Å². The zero-order valence-corrected chi connectivity index (χ0v) is 27.7. The zero-order valence-electron chi connectivity index (χ0n) is 27.0. The Labute approximate surface area is 281 Å². The highest BCUT2D eigenvalue weighted by molar-refractivity contribution is 6.30. The second kappa shape index (κ2) is 14.4. The Hall–Kier alpha value is -4.94. The number of carbonyl (C=O) groups is 1. The quantitative estimate of drug-likeness (QED) is 0.158. The number of pyridine rings is 2. The van der Waals surface area contributed by atoms with Gasteiger partial charge in [-0.3, -0.25) is 14.3 Å². The average Bonchev–Trinajstić information content (AvgIpc) is 3.31. The predicted octanol–water partition coefficient (Wildman–Crippen LogP) is 6.53. The van der Waals surface area contributed by atoms with Crippen molar-refractivity contribution in [1.82, 2.24) is 24.0 Å². The van der Waals surface area contributed by atoms with Crippen molar-refractivity contribution in [2.24, 2.45) is 7.05 Å². The molecule has 0 bridgehead atoms. The van der Waals surface area contributed by atoms with E-state index in [2.05, 4.69) is 20.2 Å². The fourth-order valence-electron chi connectivity index (χ4n) is 5.94. The van der Waals surface area contributed by atoms with Crippen LogP contribution in [0.1, 0.15) is 41.9 Å². The smallest absolute Gasteiger partial charge is 0.334 e. The van der Waals surface area contributed by atoms with E-state index in [0.29, 0.717) is 51.3 Å². The number of halogens is 2. The molecule has 1 amide bonds. The molecule has 1 saturated heterocycles. The predicted molar refractivity (Wildman–Crippen MR) is 182 cm³/mol. The van der Waals surface area contributed by atoms with Gasteiger partial charge in [0.25, 0.3) is 5.91 Å². The Morgan fingerprint density at radius 2 is 1.81 bits per heavy atom. The summed E-state index contributed by atoms with van der Waals surface area (Å²) in [7, 11) is 3.04. The average molecular weight is 675 g/mol. The van der Waals surface area contributed by atoms with E-state index < -0.39 is 17.4 Å². The molecule has 3 aromatic heterocycles. The van der Waals surface area contributed by atoms with Gasteiger partial charge in [0.1, 0.15) is 17.3 Å². The van der Waals surface area contributed by atoms with Crippen molar-refractivity contribution in [2.75, 3.05) is 38.7 Å². The van der Waals surface area contributed by atoms with Crippen LogP contribution in [0.2, 0.25) is 5.02 Å². The van der Waals surface area contributed by atoms with Crippen LogP contribution >= 0.6 is 11.6 Å². The molecule has 250 valence electrons. The lowest BCUT2D eigenvalue weighted by atomic mass is 10.1. The van der Waals surface area contributed by atoms with Gasteiger partial charge in [-0.1, -0.05) is 18.0 Å². The first kappa shape index (κ1) is 33.0. The number of nitrogens with one attached hydrogen (secondary N) is 1. The number of anilines is 1. The lowest BCUT2D eigenvalue weighted by Crippen LogP contribution is -2.31. The molecule has 1 aliphatic heterocycles. The summed E-state index contributed by atoms with van der Waals surface area (Å²) < 4.78 is 35.6. The summed E-state index contributed by atoms with van der Waals surface area (Å²) >= 11 is 5.94. The molecule has 6 rings (SSSR count). The summed E-state index contributed by atoms with van der Waals surface area (Å²) in [6.07, 6.45) is 7.71. The van der Waals surface area contributed by atoms with Crippen molar-refractivity contribution in [1.29, 1.82) is 0 Å². The Morgan fingerprint density at radius 3 is 2.54 bits per heavy atom. The van der Waals surface area contributed by atoms with Gasteiger partial charge in [-0.05, 0) is 75.7 Å². The third kappa shape index (κ3) is 6.99. The molecule has 1 aliphatic rings. The van der Waals surface area contributed by atoms with Gasteiger partial charge >= 0.3 is 5.69 Å². The Balaban J connectivity index is 1.16. The standard InChI is InChI=1S/C35H36ClFN6O5/c1-22-33(41(2)35(45)43(22)32-11-8-23(36)21-39-32)34(44)40-24-9-10-29(26(37)18-24)48-28-12-13-38-27-20-31(30(46-3)19-25(27)28)47-17-7-16-42-14-5-4-6-15-42/h8-13,18-21H,4-7,14-17H2,1-3H3,(H,40,44). The molecule has 4 heterocycles. The molecule has 0 radical (unpaired) electrons. The lowest BCUT2D eigenvalue weighted by Gasteiger charge is -2.26. The Morgan fingerprint density at radius 1 is 1.00 bits per heavy atom. The number of hydrogen-bond acceptors (Lipinski definition) is 8. The minimum absolute atomic E-state index is 0.0546. The SMILES string of the molecule is COc1cc2c(Oc3ccc(NC(=O)c4c(C)n(-c5ccc(Cl)cn5)c(=O)n4C)cc3F)ccnc2cc1OCCCN1CCCCC1. The summed E-state index contributed by atoms with van der Waals surface area (Å²) in [4.78, 5) is 37.4. The number of methoxy groups -OCH3 is 1. The van der Waals surface area contributed by atoms with Gasteiger partial charge in [-0.25, -0.2) is 18.7 Å². The number of nitrogens with zero attached hydrogens (tertiary/aromatic N) is 5. The van der Waals surface area contributed by atoms with E-state index in [1.807, 2.05) is 0 Å². The number of fused-ring (bicyclic) bond motifs is 1. The van der Waals surface area contributed by atoms with Crippen molar-refractivity contribution < 1.29 is 23.4 Å². The van der Waals surface area contributed by atoms with E-state index >= 15 is 4.39 Å². The third-order valence-corrected chi connectivity index (χ3v) is 8.59. The van der Waals surface area contributed by atoms with Crippen molar-refractivity contribution in [3.05, 3.63) is 93.6 Å². The first-order chi connectivity index (χ1) is 23.2. The van der Waals surface area contributed by atoms with Crippen LogP contribution in [0.25, 0.3) is 16.7 Å². The number of rotatable bonds is 11. The van der Waals surface area contributed by atoms with Crippen LogP contribution in [0, 0.1) is 12.7 Å². The highest BCUT2D eigenvalue weighted by Crippen LogP contribution is 2.38. The van der Waals surface area contributed by atoms with Crippen LogP contribution in [0.3, 0.4) is 0 Å². The Kier molecular flexibility index (Phi) is 9.93. The highest BCUT2D eigenvalue weighted by Gasteiger charge is 2.23. The number of piperidine rings is 1. The molecule has 1 fully saturated rings. The van der Waals surface area contributed by atoms with E-state index in [0.717, 1.165) is 32.1 Å². The summed E-state index contributed by atoms with van der Waals surface area (Å²) in [5.41, 5.74) is 0.777. The first-order valence-corrected chi connectivity index (χ1v) is 16.1. The van der Waals surface area contributed by atoms with Crippen LogP contribution in [0.4, 0.5) is 10.1 Å². The van der Waals surface area contributed by atoms with E-state index in [4.69, 9.17) is 25.8 Å². The second-order valence-corrected chi connectivity index (χ2v) is 12.0. The van der Waals surface area contributed by atoms with E-state index in [1.165, 1.54) is 53.8 Å². The van der Waals surface area contributed by atoms with E-state index in [1.54, 1.807) is 50.6 Å². The first-order valence-electron chi connectivity index (χ1n) is 15.7. The molecule has 0 saturated carbocycles. The fourth-order valence-corrected chi connectivity index (χ4v) is 6.05. The molecule has 0 unspecified atom stereocenters. The molecule has 2 aromatic carbocycles. The molecule has 1 N–H and O–H groups in total. The second-order valence-electron chi connectivity index (χ2n) is 11.6. The van der Waals surface area contributed by atoms with Crippen molar-refractivity contribution in [3.63, 3.8) is 0 Å². The van der Waals surface area contributed by atoms with Gasteiger partial charge in [-0.15, -0.1) is 0 Å². The molecule has 11 nitrogen and oxygen atoms in total. The number of carbonyl (C=O) groups excluding carboxylic acids is 1. The van der Waals surface area contributed by atoms with Crippen LogP contribution in [-0.2, 0) is 7.05 Å². The molecule has 5 aromatic rings.